The van der Waals surface area contributed by atoms with Crippen molar-refractivity contribution in [1.29, 1.82) is 0 Å². The molecule has 0 radical (unpaired) electrons. The zero-order valence-corrected chi connectivity index (χ0v) is 11.7. The Morgan fingerprint density at radius 1 is 1.15 bits per heavy atom. The van der Waals surface area contributed by atoms with E-state index in [1.54, 1.807) is 24.3 Å². The lowest BCUT2D eigenvalue weighted by Gasteiger charge is -2.06. The molecule has 20 heavy (non-hydrogen) atoms. The van der Waals surface area contributed by atoms with Crippen LogP contribution in [0.1, 0.15) is 0 Å². The average molecular weight is 334 g/mol. The van der Waals surface area contributed by atoms with Crippen molar-refractivity contribution >= 4 is 21.6 Å². The van der Waals surface area contributed by atoms with Crippen LogP contribution >= 0.6 is 15.9 Å². The second-order valence-corrected chi connectivity index (χ2v) is 4.99. The van der Waals surface area contributed by atoms with Crippen molar-refractivity contribution < 1.29 is 4.39 Å². The second kappa shape index (κ2) is 5.01. The highest BCUT2D eigenvalue weighted by Crippen LogP contribution is 2.23. The Morgan fingerprint density at radius 3 is 2.75 bits per heavy atom. The second-order valence-electron chi connectivity index (χ2n) is 4.14. The lowest BCUT2D eigenvalue weighted by Crippen LogP contribution is -2.01. The van der Waals surface area contributed by atoms with E-state index in [1.807, 2.05) is 12.1 Å². The third kappa shape index (κ3) is 2.27. The molecular formula is C13H9BrFN5. The van der Waals surface area contributed by atoms with E-state index in [-0.39, 0.29) is 5.82 Å². The SMILES string of the molecule is Nc1cccc(-c2nnnn2-c2ccc(Br)c(F)c2)c1. The zero-order valence-electron chi connectivity index (χ0n) is 10.2. The van der Waals surface area contributed by atoms with Gasteiger partial charge in [-0.25, -0.2) is 4.39 Å². The van der Waals surface area contributed by atoms with Gasteiger partial charge in [-0.1, -0.05) is 12.1 Å². The number of halogens is 2. The van der Waals surface area contributed by atoms with Gasteiger partial charge >= 0.3 is 0 Å². The third-order valence-electron chi connectivity index (χ3n) is 2.76. The quantitative estimate of drug-likeness (QED) is 0.732. The molecule has 1 aromatic heterocycles. The number of rotatable bonds is 2. The molecule has 0 fully saturated rings. The Morgan fingerprint density at radius 2 is 2.00 bits per heavy atom. The van der Waals surface area contributed by atoms with E-state index < -0.39 is 0 Å². The highest BCUT2D eigenvalue weighted by atomic mass is 79.9. The van der Waals surface area contributed by atoms with Crippen LogP contribution in [0.5, 0.6) is 0 Å². The predicted octanol–water partition coefficient (Wildman–Crippen LogP) is 2.81. The summed E-state index contributed by atoms with van der Waals surface area (Å²) in [7, 11) is 0. The summed E-state index contributed by atoms with van der Waals surface area (Å²) in [5, 5.41) is 11.5. The zero-order chi connectivity index (χ0) is 14.1. The Balaban J connectivity index is 2.12. The van der Waals surface area contributed by atoms with Crippen LogP contribution in [-0.4, -0.2) is 20.2 Å². The minimum absolute atomic E-state index is 0.378. The number of hydrogen-bond acceptors (Lipinski definition) is 4. The topological polar surface area (TPSA) is 69.6 Å². The number of nitrogen functional groups attached to an aromatic ring is 1. The van der Waals surface area contributed by atoms with Crippen LogP contribution in [0.4, 0.5) is 10.1 Å². The number of nitrogens with two attached hydrogens (primary N) is 1. The van der Waals surface area contributed by atoms with Gasteiger partial charge in [-0.15, -0.1) is 5.10 Å². The van der Waals surface area contributed by atoms with E-state index in [4.69, 9.17) is 5.73 Å². The predicted molar refractivity (Wildman–Crippen MR) is 76.7 cm³/mol. The minimum atomic E-state index is -0.378. The molecule has 0 spiro atoms. The Bertz CT molecular complexity index is 771. The molecule has 1 heterocycles. The molecule has 0 aliphatic carbocycles. The lowest BCUT2D eigenvalue weighted by molar-refractivity contribution is 0.618. The number of nitrogens with zero attached hydrogens (tertiary/aromatic N) is 4. The maximum atomic E-state index is 13.6. The van der Waals surface area contributed by atoms with E-state index in [9.17, 15) is 4.39 Å². The van der Waals surface area contributed by atoms with Crippen LogP contribution in [0, 0.1) is 5.82 Å². The first-order chi connectivity index (χ1) is 9.65. The molecule has 7 heteroatoms. The van der Waals surface area contributed by atoms with Gasteiger partial charge in [0.05, 0.1) is 10.2 Å². The Hall–Kier alpha value is -2.28. The largest absolute Gasteiger partial charge is 0.399 e. The van der Waals surface area contributed by atoms with Gasteiger partial charge in [-0.2, -0.15) is 4.68 Å². The molecule has 0 aliphatic heterocycles. The maximum Gasteiger partial charge on any atom is 0.187 e. The fourth-order valence-electron chi connectivity index (χ4n) is 1.84. The molecule has 5 nitrogen and oxygen atoms in total. The molecule has 0 amide bonds. The fourth-order valence-corrected chi connectivity index (χ4v) is 2.08. The van der Waals surface area contributed by atoms with Crippen LogP contribution in [0.15, 0.2) is 46.9 Å². The molecule has 2 N–H and O–H groups in total. The van der Waals surface area contributed by atoms with Crippen molar-refractivity contribution in [3.05, 3.63) is 52.8 Å². The van der Waals surface area contributed by atoms with E-state index in [1.165, 1.54) is 10.7 Å². The first-order valence-corrected chi connectivity index (χ1v) is 6.54. The molecule has 100 valence electrons. The standard InChI is InChI=1S/C13H9BrFN5/c14-11-5-4-10(7-12(11)15)20-13(17-18-19-20)8-2-1-3-9(16)6-8/h1-7H,16H2. The van der Waals surface area contributed by atoms with Gasteiger partial charge in [0, 0.05) is 17.3 Å². The first kappa shape index (κ1) is 12.7. The first-order valence-electron chi connectivity index (χ1n) is 5.75. The van der Waals surface area contributed by atoms with Crippen molar-refractivity contribution in [2.45, 2.75) is 0 Å². The van der Waals surface area contributed by atoms with E-state index in [0.29, 0.717) is 21.7 Å². The van der Waals surface area contributed by atoms with Crippen molar-refractivity contribution in [2.75, 3.05) is 5.73 Å². The van der Waals surface area contributed by atoms with Crippen LogP contribution < -0.4 is 5.73 Å². The van der Waals surface area contributed by atoms with Crippen molar-refractivity contribution in [2.24, 2.45) is 0 Å². The summed E-state index contributed by atoms with van der Waals surface area (Å²) in [6.07, 6.45) is 0. The minimum Gasteiger partial charge on any atom is -0.399 e. The highest BCUT2D eigenvalue weighted by Gasteiger charge is 2.12. The molecule has 0 saturated carbocycles. The number of aromatic nitrogens is 4. The molecule has 0 bridgehead atoms. The van der Waals surface area contributed by atoms with Gasteiger partial charge in [0.2, 0.25) is 0 Å². The Kier molecular flexibility index (Phi) is 3.19. The van der Waals surface area contributed by atoms with Crippen LogP contribution in [0.3, 0.4) is 0 Å². The summed E-state index contributed by atoms with van der Waals surface area (Å²) >= 11 is 3.11. The van der Waals surface area contributed by atoms with Gasteiger partial charge in [0.25, 0.3) is 0 Å². The molecule has 3 rings (SSSR count). The van der Waals surface area contributed by atoms with Crippen molar-refractivity contribution in [1.82, 2.24) is 20.2 Å². The number of anilines is 1. The molecule has 0 saturated heterocycles. The van der Waals surface area contributed by atoms with E-state index in [2.05, 4.69) is 31.5 Å². The average Bonchev–Trinajstić information content (AvgIpc) is 2.91. The van der Waals surface area contributed by atoms with Gasteiger partial charge < -0.3 is 5.73 Å². The summed E-state index contributed by atoms with van der Waals surface area (Å²) in [6.45, 7) is 0. The molecule has 0 aliphatic rings. The highest BCUT2D eigenvalue weighted by molar-refractivity contribution is 9.10. The van der Waals surface area contributed by atoms with Crippen LogP contribution in [-0.2, 0) is 0 Å². The van der Waals surface area contributed by atoms with E-state index in [0.717, 1.165) is 5.56 Å². The fraction of sp³-hybridized carbons (Fsp3) is 0. The summed E-state index contributed by atoms with van der Waals surface area (Å²) in [5.41, 5.74) is 7.66. The van der Waals surface area contributed by atoms with Crippen molar-refractivity contribution in [3.63, 3.8) is 0 Å². The maximum absolute atomic E-state index is 13.6. The van der Waals surface area contributed by atoms with E-state index >= 15 is 0 Å². The molecular weight excluding hydrogens is 325 g/mol. The normalized spacial score (nSPS) is 10.7. The van der Waals surface area contributed by atoms with Crippen LogP contribution in [0.2, 0.25) is 0 Å². The molecule has 0 unspecified atom stereocenters. The van der Waals surface area contributed by atoms with Crippen LogP contribution in [0.25, 0.3) is 17.1 Å². The number of hydrogen-bond donors (Lipinski definition) is 1. The monoisotopic (exact) mass is 333 g/mol. The molecule has 0 atom stereocenters. The van der Waals surface area contributed by atoms with Gasteiger partial charge in [-0.05, 0) is 50.6 Å². The summed E-state index contributed by atoms with van der Waals surface area (Å²) in [5.74, 6) is 0.121. The smallest absolute Gasteiger partial charge is 0.187 e. The lowest BCUT2D eigenvalue weighted by atomic mass is 10.2. The summed E-state index contributed by atoms with van der Waals surface area (Å²) in [4.78, 5) is 0. The molecule has 2 aromatic carbocycles. The third-order valence-corrected chi connectivity index (χ3v) is 3.41. The molecule has 3 aromatic rings. The van der Waals surface area contributed by atoms with Gasteiger partial charge in [0.15, 0.2) is 5.82 Å². The van der Waals surface area contributed by atoms with Crippen molar-refractivity contribution in [3.8, 4) is 17.1 Å². The number of tetrazole rings is 1. The Labute approximate surface area is 122 Å². The summed E-state index contributed by atoms with van der Waals surface area (Å²) < 4.78 is 15.5. The summed E-state index contributed by atoms with van der Waals surface area (Å²) in [6, 6.07) is 11.9. The number of benzene rings is 2. The van der Waals surface area contributed by atoms with Gasteiger partial charge in [0.1, 0.15) is 5.82 Å². The van der Waals surface area contributed by atoms with Gasteiger partial charge in [-0.3, -0.25) is 0 Å².